The molecule has 19 heavy (non-hydrogen) atoms. The average Bonchev–Trinajstić information content (AvgIpc) is 2.37. The topological polar surface area (TPSA) is 75.9 Å². The zero-order chi connectivity index (χ0) is 14.1. The molecule has 108 valence electrons. The van der Waals surface area contributed by atoms with E-state index in [1.165, 1.54) is 12.8 Å². The van der Waals surface area contributed by atoms with Crippen molar-refractivity contribution < 1.29 is 0 Å². The number of rotatable bonds is 9. The number of nitrogens with two attached hydrogens (primary N) is 1. The third-order valence-corrected chi connectivity index (χ3v) is 3.03. The first-order valence-corrected chi connectivity index (χ1v) is 7.07. The highest BCUT2D eigenvalue weighted by atomic mass is 15.1. The first-order chi connectivity index (χ1) is 9.07. The van der Waals surface area contributed by atoms with Crippen LogP contribution in [0.1, 0.15) is 40.0 Å². The molecule has 1 heterocycles. The van der Waals surface area contributed by atoms with Gasteiger partial charge in [-0.1, -0.05) is 27.2 Å². The molecule has 0 fully saturated rings. The fourth-order valence-corrected chi connectivity index (χ4v) is 1.96. The van der Waals surface area contributed by atoms with Crippen LogP contribution >= 0.6 is 0 Å². The monoisotopic (exact) mass is 265 g/mol. The summed E-state index contributed by atoms with van der Waals surface area (Å²) < 4.78 is 0. The van der Waals surface area contributed by atoms with Crippen LogP contribution in [0.3, 0.4) is 0 Å². The van der Waals surface area contributed by atoms with Crippen LogP contribution in [0, 0.1) is 5.41 Å². The molecule has 0 spiro atoms. The molecule has 0 radical (unpaired) electrons. The minimum absolute atomic E-state index is 0.285. The van der Waals surface area contributed by atoms with E-state index in [2.05, 4.69) is 41.4 Å². The Balaban J connectivity index is 2.47. The molecule has 0 aliphatic rings. The van der Waals surface area contributed by atoms with Gasteiger partial charge in [0.25, 0.3) is 0 Å². The summed E-state index contributed by atoms with van der Waals surface area (Å²) in [5.41, 5.74) is 5.75. The second kappa shape index (κ2) is 7.94. The lowest BCUT2D eigenvalue weighted by Gasteiger charge is -2.24. The van der Waals surface area contributed by atoms with Crippen molar-refractivity contribution in [2.24, 2.45) is 11.1 Å². The van der Waals surface area contributed by atoms with E-state index >= 15 is 0 Å². The van der Waals surface area contributed by atoms with Gasteiger partial charge in [-0.05, 0) is 24.8 Å². The first-order valence-electron chi connectivity index (χ1n) is 7.07. The Morgan fingerprint density at radius 3 is 2.53 bits per heavy atom. The van der Waals surface area contributed by atoms with Gasteiger partial charge in [-0.25, -0.2) is 9.97 Å². The third-order valence-electron chi connectivity index (χ3n) is 3.03. The molecule has 0 aliphatic heterocycles. The zero-order valence-corrected chi connectivity index (χ0v) is 12.4. The maximum atomic E-state index is 5.46. The lowest BCUT2D eigenvalue weighted by atomic mass is 9.88. The molecule has 5 heteroatoms. The van der Waals surface area contributed by atoms with E-state index in [4.69, 9.17) is 5.73 Å². The van der Waals surface area contributed by atoms with Crippen molar-refractivity contribution in [3.63, 3.8) is 0 Å². The summed E-state index contributed by atoms with van der Waals surface area (Å²) in [6.45, 7) is 9.20. The molecule has 5 nitrogen and oxygen atoms in total. The minimum Gasteiger partial charge on any atom is -0.370 e. The van der Waals surface area contributed by atoms with Crippen molar-refractivity contribution in [3.8, 4) is 0 Å². The molecule has 4 N–H and O–H groups in total. The summed E-state index contributed by atoms with van der Waals surface area (Å²) in [5.74, 6) is 1.72. The van der Waals surface area contributed by atoms with Gasteiger partial charge < -0.3 is 16.4 Å². The van der Waals surface area contributed by atoms with Gasteiger partial charge in [-0.3, -0.25) is 0 Å². The Labute approximate surface area is 116 Å². The minimum atomic E-state index is 0.285. The fraction of sp³-hybridized carbons (Fsp3) is 0.714. The van der Waals surface area contributed by atoms with Crippen LogP contribution in [-0.4, -0.2) is 29.6 Å². The van der Waals surface area contributed by atoms with Crippen LogP contribution in [0.5, 0.6) is 0 Å². The predicted molar refractivity (Wildman–Crippen MR) is 81.4 cm³/mol. The van der Waals surface area contributed by atoms with Crippen molar-refractivity contribution in [2.75, 3.05) is 30.3 Å². The summed E-state index contributed by atoms with van der Waals surface area (Å²) in [4.78, 5) is 8.43. The highest BCUT2D eigenvalue weighted by Crippen LogP contribution is 2.22. The van der Waals surface area contributed by atoms with Crippen molar-refractivity contribution in [1.82, 2.24) is 9.97 Å². The highest BCUT2D eigenvalue weighted by molar-refractivity contribution is 5.46. The van der Waals surface area contributed by atoms with E-state index in [0.717, 1.165) is 31.1 Å². The van der Waals surface area contributed by atoms with E-state index in [0.29, 0.717) is 6.54 Å². The van der Waals surface area contributed by atoms with Gasteiger partial charge in [0, 0.05) is 19.2 Å². The summed E-state index contributed by atoms with van der Waals surface area (Å²) in [7, 11) is 0. The van der Waals surface area contributed by atoms with Gasteiger partial charge in [0.15, 0.2) is 0 Å². The van der Waals surface area contributed by atoms with Gasteiger partial charge >= 0.3 is 0 Å². The molecule has 1 aromatic rings. The van der Waals surface area contributed by atoms with E-state index in [1.54, 1.807) is 6.33 Å². The molecule has 0 saturated heterocycles. The molecule has 0 bridgehead atoms. The number of hydrogen-bond donors (Lipinski definition) is 3. The number of aromatic nitrogens is 2. The number of hydrogen-bond acceptors (Lipinski definition) is 5. The molecule has 0 aromatic carbocycles. The van der Waals surface area contributed by atoms with Crippen LogP contribution in [0.2, 0.25) is 0 Å². The standard InChI is InChI=1S/C14H27N5/c1-4-6-14(2,3)10-17-13-9-12(18-11-19-13)16-8-5-7-15/h9,11H,4-8,10,15H2,1-3H3,(H2,16,17,18,19). The Morgan fingerprint density at radius 2 is 1.89 bits per heavy atom. The number of anilines is 2. The van der Waals surface area contributed by atoms with E-state index in [9.17, 15) is 0 Å². The van der Waals surface area contributed by atoms with E-state index in [1.807, 2.05) is 6.07 Å². The zero-order valence-electron chi connectivity index (χ0n) is 12.4. The highest BCUT2D eigenvalue weighted by Gasteiger charge is 2.16. The molecule has 1 rings (SSSR count). The Hall–Kier alpha value is -1.36. The Kier molecular flexibility index (Phi) is 6.56. The van der Waals surface area contributed by atoms with Crippen molar-refractivity contribution in [3.05, 3.63) is 12.4 Å². The Morgan fingerprint density at radius 1 is 1.21 bits per heavy atom. The summed E-state index contributed by atoms with van der Waals surface area (Å²) in [5, 5.41) is 6.62. The van der Waals surface area contributed by atoms with Crippen LogP contribution in [0.4, 0.5) is 11.6 Å². The number of nitrogens with zero attached hydrogens (tertiary/aromatic N) is 2. The normalized spacial score (nSPS) is 11.4. The van der Waals surface area contributed by atoms with Gasteiger partial charge in [0.05, 0.1) is 0 Å². The molecule has 0 atom stereocenters. The van der Waals surface area contributed by atoms with Gasteiger partial charge in [0.1, 0.15) is 18.0 Å². The summed E-state index contributed by atoms with van der Waals surface area (Å²) >= 11 is 0. The molecule has 1 aromatic heterocycles. The summed E-state index contributed by atoms with van der Waals surface area (Å²) in [6.07, 6.45) is 4.92. The lowest BCUT2D eigenvalue weighted by Crippen LogP contribution is -2.23. The van der Waals surface area contributed by atoms with Crippen molar-refractivity contribution in [1.29, 1.82) is 0 Å². The van der Waals surface area contributed by atoms with E-state index < -0.39 is 0 Å². The SMILES string of the molecule is CCCC(C)(C)CNc1cc(NCCCN)ncn1. The molecule has 0 amide bonds. The molecular formula is C14H27N5. The molecule has 0 aliphatic carbocycles. The van der Waals surface area contributed by atoms with Crippen LogP contribution < -0.4 is 16.4 Å². The second-order valence-electron chi connectivity index (χ2n) is 5.63. The fourth-order valence-electron chi connectivity index (χ4n) is 1.96. The smallest absolute Gasteiger partial charge is 0.131 e. The third kappa shape index (κ3) is 6.38. The molecular weight excluding hydrogens is 238 g/mol. The largest absolute Gasteiger partial charge is 0.370 e. The van der Waals surface area contributed by atoms with Crippen molar-refractivity contribution >= 4 is 11.6 Å². The lowest BCUT2D eigenvalue weighted by molar-refractivity contribution is 0.354. The first kappa shape index (κ1) is 15.7. The predicted octanol–water partition coefficient (Wildman–Crippen LogP) is 2.48. The van der Waals surface area contributed by atoms with Crippen molar-refractivity contribution in [2.45, 2.75) is 40.0 Å². The van der Waals surface area contributed by atoms with E-state index in [-0.39, 0.29) is 5.41 Å². The molecule has 0 saturated carbocycles. The van der Waals surface area contributed by atoms with Gasteiger partial charge in [-0.2, -0.15) is 0 Å². The van der Waals surface area contributed by atoms with Crippen LogP contribution in [-0.2, 0) is 0 Å². The second-order valence-corrected chi connectivity index (χ2v) is 5.63. The van der Waals surface area contributed by atoms with Gasteiger partial charge in [0.2, 0.25) is 0 Å². The van der Waals surface area contributed by atoms with Crippen LogP contribution in [0.25, 0.3) is 0 Å². The average molecular weight is 265 g/mol. The quantitative estimate of drug-likeness (QED) is 0.598. The number of nitrogens with one attached hydrogen (secondary N) is 2. The van der Waals surface area contributed by atoms with Gasteiger partial charge in [-0.15, -0.1) is 0 Å². The Bertz CT molecular complexity index is 365. The maximum absolute atomic E-state index is 5.46. The maximum Gasteiger partial charge on any atom is 0.131 e. The molecule has 0 unspecified atom stereocenters. The van der Waals surface area contributed by atoms with Crippen LogP contribution in [0.15, 0.2) is 12.4 Å². The summed E-state index contributed by atoms with van der Waals surface area (Å²) in [6, 6.07) is 1.94.